The highest BCUT2D eigenvalue weighted by atomic mass is 32.2. The van der Waals surface area contributed by atoms with E-state index in [0.717, 1.165) is 17.6 Å². The van der Waals surface area contributed by atoms with E-state index in [4.69, 9.17) is 5.73 Å². The maximum Gasteiger partial charge on any atom is 0.265 e. The Hall–Kier alpha value is -1.74. The molecule has 0 radical (unpaired) electrons. The minimum absolute atomic E-state index is 0.0835. The molecule has 0 aliphatic rings. The Bertz CT molecular complexity index is 754. The fourth-order valence-corrected chi connectivity index (χ4v) is 3.25. The molecule has 0 aliphatic carbocycles. The van der Waals surface area contributed by atoms with Crippen LogP contribution in [0.1, 0.15) is 9.67 Å². The van der Waals surface area contributed by atoms with E-state index in [2.05, 4.69) is 10.2 Å². The van der Waals surface area contributed by atoms with Crippen LogP contribution < -0.4 is 5.73 Å². The molecule has 2 heterocycles. The molecule has 0 saturated heterocycles. The fourth-order valence-electron chi connectivity index (χ4n) is 1.61. The highest BCUT2D eigenvalue weighted by Crippen LogP contribution is 2.32. The quantitative estimate of drug-likeness (QED) is 0.875. The first-order valence-corrected chi connectivity index (χ1v) is 8.60. The Morgan fingerprint density at radius 3 is 2.80 bits per heavy atom. The van der Waals surface area contributed by atoms with Gasteiger partial charge in [-0.15, -0.1) is 16.4 Å². The van der Waals surface area contributed by atoms with Crippen molar-refractivity contribution in [3.63, 3.8) is 0 Å². The smallest absolute Gasteiger partial charge is 0.265 e. The van der Waals surface area contributed by atoms with Crippen LogP contribution in [0.25, 0.3) is 10.2 Å². The van der Waals surface area contributed by atoms with Gasteiger partial charge in [0.2, 0.25) is 0 Å². The van der Waals surface area contributed by atoms with Crippen molar-refractivity contribution in [3.05, 3.63) is 17.1 Å². The predicted molar refractivity (Wildman–Crippen MR) is 78.5 cm³/mol. The van der Waals surface area contributed by atoms with Gasteiger partial charge in [0.15, 0.2) is 0 Å². The molecule has 2 rings (SSSR count). The summed E-state index contributed by atoms with van der Waals surface area (Å²) in [6.45, 7) is 0.122. The normalized spacial score (nSPS) is 11.7. The van der Waals surface area contributed by atoms with Crippen molar-refractivity contribution in [2.75, 3.05) is 31.3 Å². The van der Waals surface area contributed by atoms with Gasteiger partial charge >= 0.3 is 0 Å². The highest BCUT2D eigenvalue weighted by Gasteiger charge is 2.21. The molecular formula is C11H14N4O3S2. The average molecular weight is 314 g/mol. The predicted octanol–water partition coefficient (Wildman–Crippen LogP) is 0.390. The second-order valence-corrected chi connectivity index (χ2v) is 7.71. The summed E-state index contributed by atoms with van der Waals surface area (Å²) in [6, 6.07) is 1.70. The van der Waals surface area contributed by atoms with Crippen molar-refractivity contribution in [3.8, 4) is 0 Å². The van der Waals surface area contributed by atoms with E-state index in [-0.39, 0.29) is 18.2 Å². The first-order chi connectivity index (χ1) is 9.29. The van der Waals surface area contributed by atoms with Crippen LogP contribution in [0.15, 0.2) is 12.3 Å². The zero-order valence-electron chi connectivity index (χ0n) is 11.0. The van der Waals surface area contributed by atoms with Gasteiger partial charge < -0.3 is 10.6 Å². The van der Waals surface area contributed by atoms with Crippen LogP contribution >= 0.6 is 11.3 Å². The fraction of sp³-hybridized carbons (Fsp3) is 0.364. The molecule has 2 aromatic rings. The van der Waals surface area contributed by atoms with E-state index in [1.54, 1.807) is 13.1 Å². The lowest BCUT2D eigenvalue weighted by Gasteiger charge is -2.15. The summed E-state index contributed by atoms with van der Waals surface area (Å²) in [5.74, 6) is -0.394. The first kappa shape index (κ1) is 14.7. The summed E-state index contributed by atoms with van der Waals surface area (Å²) < 4.78 is 22.2. The van der Waals surface area contributed by atoms with Gasteiger partial charge in [0, 0.05) is 25.2 Å². The molecule has 2 aromatic heterocycles. The number of sulfone groups is 1. The van der Waals surface area contributed by atoms with Crippen molar-refractivity contribution in [2.24, 2.45) is 0 Å². The van der Waals surface area contributed by atoms with E-state index in [1.807, 2.05) is 0 Å². The molecule has 1 amide bonds. The van der Waals surface area contributed by atoms with Crippen LogP contribution in [0.2, 0.25) is 0 Å². The summed E-state index contributed by atoms with van der Waals surface area (Å²) in [5.41, 5.74) is 6.29. The molecule has 0 bridgehead atoms. The SMILES string of the molecule is CN(CCS(C)(=O)=O)C(=O)c1sc2nnccc2c1N. The maximum atomic E-state index is 12.3. The number of anilines is 1. The number of nitrogens with two attached hydrogens (primary N) is 1. The number of thiophene rings is 1. The molecule has 7 nitrogen and oxygen atoms in total. The number of carbonyl (C=O) groups is 1. The van der Waals surface area contributed by atoms with Gasteiger partial charge in [0.25, 0.3) is 5.91 Å². The minimum atomic E-state index is -3.11. The monoisotopic (exact) mass is 314 g/mol. The van der Waals surface area contributed by atoms with Crippen LogP contribution in [0.3, 0.4) is 0 Å². The summed E-state index contributed by atoms with van der Waals surface area (Å²) in [6.07, 6.45) is 2.64. The van der Waals surface area contributed by atoms with Crippen LogP contribution in [-0.4, -0.2) is 55.0 Å². The second-order valence-electron chi connectivity index (χ2n) is 4.45. The Morgan fingerprint density at radius 2 is 2.20 bits per heavy atom. The lowest BCUT2D eigenvalue weighted by molar-refractivity contribution is 0.0809. The average Bonchev–Trinajstić information content (AvgIpc) is 2.72. The van der Waals surface area contributed by atoms with Crippen molar-refractivity contribution >= 4 is 43.0 Å². The van der Waals surface area contributed by atoms with Crippen molar-refractivity contribution in [2.45, 2.75) is 0 Å². The summed E-state index contributed by atoms with van der Waals surface area (Å²) >= 11 is 1.15. The van der Waals surface area contributed by atoms with E-state index in [0.29, 0.717) is 20.8 Å². The number of fused-ring (bicyclic) bond motifs is 1. The zero-order valence-corrected chi connectivity index (χ0v) is 12.7. The third kappa shape index (κ3) is 3.05. The molecule has 0 saturated carbocycles. The summed E-state index contributed by atoms with van der Waals surface area (Å²) in [7, 11) is -1.57. The topological polar surface area (TPSA) is 106 Å². The summed E-state index contributed by atoms with van der Waals surface area (Å²) in [4.78, 5) is 14.6. The molecule has 0 spiro atoms. The van der Waals surface area contributed by atoms with Gasteiger partial charge in [-0.3, -0.25) is 4.79 Å². The minimum Gasteiger partial charge on any atom is -0.397 e. The Labute approximate surface area is 120 Å². The van der Waals surface area contributed by atoms with Gasteiger partial charge in [0.05, 0.1) is 17.6 Å². The largest absolute Gasteiger partial charge is 0.397 e. The van der Waals surface area contributed by atoms with E-state index in [1.165, 1.54) is 11.1 Å². The van der Waals surface area contributed by atoms with E-state index in [9.17, 15) is 13.2 Å². The third-order valence-corrected chi connectivity index (χ3v) is 4.78. The van der Waals surface area contributed by atoms with Crippen LogP contribution in [-0.2, 0) is 9.84 Å². The first-order valence-electron chi connectivity index (χ1n) is 5.72. The number of hydrogen-bond donors (Lipinski definition) is 1. The zero-order chi connectivity index (χ0) is 14.9. The van der Waals surface area contributed by atoms with Crippen molar-refractivity contribution in [1.29, 1.82) is 0 Å². The van der Waals surface area contributed by atoms with Crippen molar-refractivity contribution in [1.82, 2.24) is 15.1 Å². The number of nitrogens with zero attached hydrogens (tertiary/aromatic N) is 3. The molecule has 108 valence electrons. The molecule has 20 heavy (non-hydrogen) atoms. The molecular weight excluding hydrogens is 300 g/mol. The number of carbonyl (C=O) groups excluding carboxylic acids is 1. The molecule has 0 atom stereocenters. The van der Waals surface area contributed by atoms with Gasteiger partial charge in [-0.2, -0.15) is 5.10 Å². The van der Waals surface area contributed by atoms with Gasteiger partial charge in [-0.25, -0.2) is 8.42 Å². The molecule has 0 fully saturated rings. The maximum absolute atomic E-state index is 12.3. The van der Waals surface area contributed by atoms with Crippen molar-refractivity contribution < 1.29 is 13.2 Å². The lowest BCUT2D eigenvalue weighted by atomic mass is 10.2. The summed E-state index contributed by atoms with van der Waals surface area (Å²) in [5, 5.41) is 8.34. The lowest BCUT2D eigenvalue weighted by Crippen LogP contribution is -2.31. The van der Waals surface area contributed by atoms with E-state index >= 15 is 0 Å². The number of rotatable bonds is 4. The van der Waals surface area contributed by atoms with Gasteiger partial charge in [-0.05, 0) is 6.07 Å². The molecule has 0 aromatic carbocycles. The number of hydrogen-bond acceptors (Lipinski definition) is 7. The molecule has 0 unspecified atom stereocenters. The Kier molecular flexibility index (Phi) is 3.91. The standard InChI is InChI=1S/C11H14N4O3S2/c1-15(5-6-20(2,17)18)11(16)9-8(12)7-3-4-13-14-10(7)19-9/h3-4H,5-6,12H2,1-2H3. The third-order valence-electron chi connectivity index (χ3n) is 2.76. The number of amides is 1. The second kappa shape index (κ2) is 5.33. The van der Waals surface area contributed by atoms with Crippen LogP contribution in [0.5, 0.6) is 0 Å². The van der Waals surface area contributed by atoms with E-state index < -0.39 is 9.84 Å². The number of aromatic nitrogens is 2. The van der Waals surface area contributed by atoms with Crippen LogP contribution in [0.4, 0.5) is 5.69 Å². The Balaban J connectivity index is 2.25. The molecule has 0 aliphatic heterocycles. The van der Waals surface area contributed by atoms with Gasteiger partial charge in [-0.1, -0.05) is 0 Å². The Morgan fingerprint density at radius 1 is 1.50 bits per heavy atom. The van der Waals surface area contributed by atoms with Crippen LogP contribution in [0, 0.1) is 0 Å². The van der Waals surface area contributed by atoms with Gasteiger partial charge in [0.1, 0.15) is 19.5 Å². The number of nitrogen functional groups attached to an aromatic ring is 1. The molecule has 9 heteroatoms. The highest BCUT2D eigenvalue weighted by molar-refractivity contribution is 7.90. The molecule has 2 N–H and O–H groups in total.